The number of rotatable bonds is 3. The Balaban J connectivity index is 2.13. The van der Waals surface area contributed by atoms with E-state index in [0.717, 1.165) is 5.69 Å². The number of hydrogen-bond acceptors (Lipinski definition) is 4. The fourth-order valence-corrected chi connectivity index (χ4v) is 1.32. The maximum atomic E-state index is 10.7. The highest BCUT2D eigenvalue weighted by Crippen LogP contribution is 2.15. The van der Waals surface area contributed by atoms with Crippen LogP contribution in [0.25, 0.3) is 0 Å². The Morgan fingerprint density at radius 2 is 1.88 bits per heavy atom. The lowest BCUT2D eigenvalue weighted by Gasteiger charge is -2.05. The van der Waals surface area contributed by atoms with Gasteiger partial charge in [-0.2, -0.15) is 0 Å². The van der Waals surface area contributed by atoms with Crippen LogP contribution in [0.5, 0.6) is 0 Å². The van der Waals surface area contributed by atoms with Gasteiger partial charge in [0.1, 0.15) is 5.82 Å². The molecule has 2 rings (SSSR count). The molecule has 0 bridgehead atoms. The van der Waals surface area contributed by atoms with Crippen molar-refractivity contribution in [2.24, 2.45) is 0 Å². The minimum Gasteiger partial charge on any atom is -0.478 e. The molecular weight excluding hydrogens is 218 g/mol. The van der Waals surface area contributed by atoms with E-state index in [1.54, 1.807) is 30.5 Å². The highest BCUT2D eigenvalue weighted by atomic mass is 16.4. The molecule has 2 aromatic rings. The molecule has 0 spiro atoms. The van der Waals surface area contributed by atoms with Crippen LogP contribution < -0.4 is 11.1 Å². The fraction of sp³-hybridized carbons (Fsp3) is 0. The first-order valence-electron chi connectivity index (χ1n) is 4.97. The van der Waals surface area contributed by atoms with Gasteiger partial charge in [-0.05, 0) is 36.4 Å². The van der Waals surface area contributed by atoms with Gasteiger partial charge >= 0.3 is 5.97 Å². The van der Waals surface area contributed by atoms with Gasteiger partial charge in [0.15, 0.2) is 0 Å². The summed E-state index contributed by atoms with van der Waals surface area (Å²) in [5, 5.41) is 11.8. The lowest BCUT2D eigenvalue weighted by atomic mass is 10.2. The number of pyridine rings is 1. The van der Waals surface area contributed by atoms with Crippen molar-refractivity contribution < 1.29 is 9.90 Å². The molecule has 1 heterocycles. The van der Waals surface area contributed by atoms with Crippen molar-refractivity contribution in [2.45, 2.75) is 0 Å². The fourth-order valence-electron chi connectivity index (χ4n) is 1.32. The molecular formula is C12H11N3O2. The predicted octanol–water partition coefficient (Wildman–Crippen LogP) is 2.11. The number of nitrogens with two attached hydrogens (primary N) is 1. The lowest BCUT2D eigenvalue weighted by Crippen LogP contribution is -1.97. The molecule has 0 aliphatic carbocycles. The molecule has 0 fully saturated rings. The van der Waals surface area contributed by atoms with Gasteiger partial charge in [-0.15, -0.1) is 0 Å². The Kier molecular flexibility index (Phi) is 2.91. The molecule has 5 nitrogen and oxygen atoms in total. The van der Waals surface area contributed by atoms with Crippen LogP contribution in [0, 0.1) is 0 Å². The van der Waals surface area contributed by atoms with Crippen LogP contribution in [0.1, 0.15) is 10.4 Å². The summed E-state index contributed by atoms with van der Waals surface area (Å²) in [4.78, 5) is 14.7. The topological polar surface area (TPSA) is 88.2 Å². The van der Waals surface area contributed by atoms with E-state index in [1.165, 1.54) is 12.1 Å². The van der Waals surface area contributed by atoms with Crippen LogP contribution in [0.15, 0.2) is 42.6 Å². The molecule has 17 heavy (non-hydrogen) atoms. The summed E-state index contributed by atoms with van der Waals surface area (Å²) in [5.74, 6) is -0.288. The Bertz CT molecular complexity index is 520. The van der Waals surface area contributed by atoms with Crippen LogP contribution in [0.2, 0.25) is 0 Å². The van der Waals surface area contributed by atoms with Gasteiger partial charge < -0.3 is 16.2 Å². The zero-order valence-electron chi connectivity index (χ0n) is 8.92. The van der Waals surface area contributed by atoms with Crippen molar-refractivity contribution in [3.05, 3.63) is 48.2 Å². The largest absolute Gasteiger partial charge is 0.478 e. The van der Waals surface area contributed by atoms with Crippen LogP contribution in [-0.4, -0.2) is 16.1 Å². The van der Waals surface area contributed by atoms with E-state index in [0.29, 0.717) is 11.5 Å². The summed E-state index contributed by atoms with van der Waals surface area (Å²) in [6.45, 7) is 0. The second-order valence-electron chi connectivity index (χ2n) is 3.48. The van der Waals surface area contributed by atoms with E-state index in [4.69, 9.17) is 10.8 Å². The first kappa shape index (κ1) is 10.9. The number of nitrogens with one attached hydrogen (secondary N) is 1. The molecule has 1 aromatic carbocycles. The maximum Gasteiger partial charge on any atom is 0.335 e. The van der Waals surface area contributed by atoms with E-state index < -0.39 is 5.97 Å². The van der Waals surface area contributed by atoms with Gasteiger partial charge in [0.2, 0.25) is 0 Å². The van der Waals surface area contributed by atoms with Crippen molar-refractivity contribution in [3.8, 4) is 0 Å². The maximum absolute atomic E-state index is 10.7. The summed E-state index contributed by atoms with van der Waals surface area (Å²) >= 11 is 0. The Labute approximate surface area is 97.9 Å². The average molecular weight is 229 g/mol. The van der Waals surface area contributed by atoms with E-state index in [2.05, 4.69) is 10.3 Å². The standard InChI is InChI=1S/C12H11N3O2/c13-9-3-6-11(14-7-9)15-10-4-1-8(2-5-10)12(16)17/h1-7H,13H2,(H,14,15)(H,16,17). The van der Waals surface area contributed by atoms with Crippen molar-refractivity contribution in [1.29, 1.82) is 0 Å². The van der Waals surface area contributed by atoms with Gasteiger partial charge in [-0.25, -0.2) is 9.78 Å². The zero-order valence-corrected chi connectivity index (χ0v) is 8.92. The van der Waals surface area contributed by atoms with Crippen LogP contribution in [-0.2, 0) is 0 Å². The highest BCUT2D eigenvalue weighted by molar-refractivity contribution is 5.88. The van der Waals surface area contributed by atoms with Crippen LogP contribution in [0.4, 0.5) is 17.2 Å². The summed E-state index contributed by atoms with van der Waals surface area (Å²) < 4.78 is 0. The van der Waals surface area contributed by atoms with Crippen molar-refractivity contribution in [2.75, 3.05) is 11.1 Å². The average Bonchev–Trinajstić information content (AvgIpc) is 2.33. The summed E-state index contributed by atoms with van der Waals surface area (Å²) in [6.07, 6.45) is 1.55. The molecule has 1 aromatic heterocycles. The van der Waals surface area contributed by atoms with Gasteiger partial charge in [-0.3, -0.25) is 0 Å². The number of nitrogen functional groups attached to an aromatic ring is 1. The van der Waals surface area contributed by atoms with Crippen molar-refractivity contribution >= 4 is 23.2 Å². The first-order chi connectivity index (χ1) is 8.15. The smallest absolute Gasteiger partial charge is 0.335 e. The summed E-state index contributed by atoms with van der Waals surface area (Å²) in [7, 11) is 0. The summed E-state index contributed by atoms with van der Waals surface area (Å²) in [5.41, 5.74) is 7.13. The number of aromatic nitrogens is 1. The molecule has 0 amide bonds. The number of benzene rings is 1. The normalized spacial score (nSPS) is 9.88. The SMILES string of the molecule is Nc1ccc(Nc2ccc(C(=O)O)cc2)nc1. The Hall–Kier alpha value is -2.56. The molecule has 0 aliphatic heterocycles. The third-order valence-corrected chi connectivity index (χ3v) is 2.19. The molecule has 0 saturated carbocycles. The molecule has 0 unspecified atom stereocenters. The van der Waals surface area contributed by atoms with E-state index >= 15 is 0 Å². The molecule has 0 aliphatic rings. The molecule has 86 valence electrons. The van der Waals surface area contributed by atoms with E-state index in [1.807, 2.05) is 0 Å². The first-order valence-corrected chi connectivity index (χ1v) is 4.97. The number of nitrogens with zero attached hydrogens (tertiary/aromatic N) is 1. The number of aromatic carboxylic acids is 1. The minimum absolute atomic E-state index is 0.251. The van der Waals surface area contributed by atoms with Gasteiger partial charge in [0, 0.05) is 5.69 Å². The molecule has 4 N–H and O–H groups in total. The molecule has 5 heteroatoms. The second kappa shape index (κ2) is 4.52. The molecule has 0 atom stereocenters. The molecule has 0 saturated heterocycles. The number of carboxylic acids is 1. The van der Waals surface area contributed by atoms with Gasteiger partial charge in [0.25, 0.3) is 0 Å². The third-order valence-electron chi connectivity index (χ3n) is 2.19. The quantitative estimate of drug-likeness (QED) is 0.750. The Morgan fingerprint density at radius 3 is 2.41 bits per heavy atom. The minimum atomic E-state index is -0.942. The van der Waals surface area contributed by atoms with Crippen LogP contribution in [0.3, 0.4) is 0 Å². The lowest BCUT2D eigenvalue weighted by molar-refractivity contribution is 0.0697. The third kappa shape index (κ3) is 2.72. The van der Waals surface area contributed by atoms with E-state index in [9.17, 15) is 4.79 Å². The van der Waals surface area contributed by atoms with Gasteiger partial charge in [0.05, 0.1) is 17.4 Å². The number of hydrogen-bond donors (Lipinski definition) is 3. The van der Waals surface area contributed by atoms with Crippen molar-refractivity contribution in [1.82, 2.24) is 4.98 Å². The Morgan fingerprint density at radius 1 is 1.18 bits per heavy atom. The molecule has 0 radical (unpaired) electrons. The van der Waals surface area contributed by atoms with E-state index in [-0.39, 0.29) is 5.56 Å². The number of carbonyl (C=O) groups is 1. The van der Waals surface area contributed by atoms with Gasteiger partial charge in [-0.1, -0.05) is 0 Å². The predicted molar refractivity (Wildman–Crippen MR) is 65.3 cm³/mol. The van der Waals surface area contributed by atoms with Crippen LogP contribution >= 0.6 is 0 Å². The number of carboxylic acid groups (broad SMARTS) is 1. The zero-order chi connectivity index (χ0) is 12.3. The monoisotopic (exact) mass is 229 g/mol. The second-order valence-corrected chi connectivity index (χ2v) is 3.48. The number of anilines is 3. The summed E-state index contributed by atoms with van der Waals surface area (Å²) in [6, 6.07) is 9.91. The highest BCUT2D eigenvalue weighted by Gasteiger charge is 2.01. The van der Waals surface area contributed by atoms with Crippen molar-refractivity contribution in [3.63, 3.8) is 0 Å².